The Bertz CT molecular complexity index is 1120. The largest absolute Gasteiger partial charge is 0.396 e. The van der Waals surface area contributed by atoms with Crippen molar-refractivity contribution in [3.8, 4) is 0 Å². The standard InChI is InChI=1S/C18H17N3O5S2/c1-2-28(23,24)14-9-7-13(8-10-14)20-21-18-16(27-26-25-22)11-12-5-3-4-6-15(12)17(18)19/h3-11,22H,2,19H2,1H3. The summed E-state index contributed by atoms with van der Waals surface area (Å²) in [5.74, 6) is 0.0228. The maximum absolute atomic E-state index is 11.9. The number of nitrogens with two attached hydrogens (primary N) is 1. The third-order valence-electron chi connectivity index (χ3n) is 4.02. The molecule has 0 aromatic heterocycles. The van der Waals surface area contributed by atoms with Gasteiger partial charge >= 0.3 is 0 Å². The average Bonchev–Trinajstić information content (AvgIpc) is 2.72. The molecule has 3 aromatic carbocycles. The second-order valence-corrected chi connectivity index (χ2v) is 8.70. The molecule has 10 heteroatoms. The first-order chi connectivity index (χ1) is 13.5. The highest BCUT2D eigenvalue weighted by atomic mass is 32.2. The Labute approximate surface area is 166 Å². The Kier molecular flexibility index (Phi) is 6.27. The highest BCUT2D eigenvalue weighted by Gasteiger charge is 2.14. The van der Waals surface area contributed by atoms with Gasteiger partial charge < -0.3 is 5.73 Å². The van der Waals surface area contributed by atoms with Gasteiger partial charge in [-0.3, -0.25) is 0 Å². The van der Waals surface area contributed by atoms with E-state index in [0.717, 1.165) is 22.8 Å². The molecule has 0 aliphatic carbocycles. The van der Waals surface area contributed by atoms with E-state index < -0.39 is 9.84 Å². The number of benzene rings is 3. The zero-order chi connectivity index (χ0) is 20.1. The van der Waals surface area contributed by atoms with Crippen molar-refractivity contribution in [3.63, 3.8) is 0 Å². The van der Waals surface area contributed by atoms with Crippen molar-refractivity contribution in [2.75, 3.05) is 11.5 Å². The van der Waals surface area contributed by atoms with Crippen LogP contribution in [0.4, 0.5) is 17.1 Å². The topological polar surface area (TPSA) is 124 Å². The van der Waals surface area contributed by atoms with Crippen LogP contribution in [0.2, 0.25) is 0 Å². The third kappa shape index (κ3) is 4.32. The SMILES string of the molecule is CCS(=O)(=O)c1ccc(N=Nc2c(SOOO)cc3ccccc3c2N)cc1. The molecule has 146 valence electrons. The lowest BCUT2D eigenvalue weighted by Crippen LogP contribution is -2.02. The van der Waals surface area contributed by atoms with Gasteiger partial charge in [0.05, 0.1) is 39.0 Å². The number of hydrogen-bond donors (Lipinski definition) is 2. The molecular formula is C18H17N3O5S2. The van der Waals surface area contributed by atoms with Gasteiger partial charge in [0.15, 0.2) is 9.84 Å². The minimum Gasteiger partial charge on any atom is -0.396 e. The van der Waals surface area contributed by atoms with Crippen molar-refractivity contribution in [1.82, 2.24) is 0 Å². The Morgan fingerprint density at radius 3 is 2.50 bits per heavy atom. The second-order valence-electron chi connectivity index (χ2n) is 5.68. The summed E-state index contributed by atoms with van der Waals surface area (Å²) in [7, 11) is -3.28. The summed E-state index contributed by atoms with van der Waals surface area (Å²) in [6.07, 6.45) is 0. The number of nitrogen functional groups attached to an aromatic ring is 1. The van der Waals surface area contributed by atoms with Gasteiger partial charge in [0, 0.05) is 5.39 Å². The van der Waals surface area contributed by atoms with Gasteiger partial charge in [0.2, 0.25) is 0 Å². The quantitative estimate of drug-likeness (QED) is 0.180. The number of sulfone groups is 1. The number of fused-ring (bicyclic) bond motifs is 1. The summed E-state index contributed by atoms with van der Waals surface area (Å²) >= 11 is 0.735. The predicted molar refractivity (Wildman–Crippen MR) is 107 cm³/mol. The van der Waals surface area contributed by atoms with Gasteiger partial charge in [-0.05, 0) is 35.7 Å². The third-order valence-corrected chi connectivity index (χ3v) is 6.39. The Morgan fingerprint density at radius 1 is 1.11 bits per heavy atom. The zero-order valence-electron chi connectivity index (χ0n) is 14.8. The molecule has 8 nitrogen and oxygen atoms in total. The Balaban J connectivity index is 1.99. The van der Waals surface area contributed by atoms with E-state index in [-0.39, 0.29) is 10.6 Å². The molecule has 0 heterocycles. The zero-order valence-corrected chi connectivity index (χ0v) is 16.4. The Morgan fingerprint density at radius 2 is 1.82 bits per heavy atom. The van der Waals surface area contributed by atoms with Crippen molar-refractivity contribution >= 4 is 49.7 Å². The van der Waals surface area contributed by atoms with Gasteiger partial charge in [-0.2, -0.15) is 5.11 Å². The van der Waals surface area contributed by atoms with Crippen molar-refractivity contribution < 1.29 is 23.0 Å². The highest BCUT2D eigenvalue weighted by Crippen LogP contribution is 2.41. The summed E-state index contributed by atoms with van der Waals surface area (Å²) in [6, 6.07) is 15.3. The van der Waals surface area contributed by atoms with Gasteiger partial charge in [0.25, 0.3) is 0 Å². The molecule has 0 aliphatic heterocycles. The van der Waals surface area contributed by atoms with Crippen LogP contribution in [0.25, 0.3) is 10.8 Å². The van der Waals surface area contributed by atoms with Gasteiger partial charge in [0.1, 0.15) is 5.69 Å². The number of azo groups is 1. The van der Waals surface area contributed by atoms with E-state index in [4.69, 9.17) is 11.0 Å². The van der Waals surface area contributed by atoms with Crippen LogP contribution in [0, 0.1) is 0 Å². The van der Waals surface area contributed by atoms with E-state index in [9.17, 15) is 8.42 Å². The van der Waals surface area contributed by atoms with Gasteiger partial charge in [-0.25, -0.2) is 13.7 Å². The predicted octanol–water partition coefficient (Wildman–Crippen LogP) is 5.06. The van der Waals surface area contributed by atoms with Crippen LogP contribution < -0.4 is 5.73 Å². The van der Waals surface area contributed by atoms with E-state index in [2.05, 4.69) is 19.6 Å². The number of anilines is 1. The minimum absolute atomic E-state index is 0.0228. The fourth-order valence-corrected chi connectivity index (χ4v) is 3.94. The van der Waals surface area contributed by atoms with Crippen LogP contribution in [0.15, 0.2) is 74.6 Å². The van der Waals surface area contributed by atoms with Crippen LogP contribution in [0.5, 0.6) is 0 Å². The number of nitrogens with zero attached hydrogens (tertiary/aromatic N) is 2. The van der Waals surface area contributed by atoms with Crippen LogP contribution in [-0.2, 0) is 19.2 Å². The fourth-order valence-electron chi connectivity index (χ4n) is 2.55. The first-order valence-electron chi connectivity index (χ1n) is 8.17. The molecule has 0 aliphatic rings. The lowest BCUT2D eigenvalue weighted by Gasteiger charge is -2.09. The first kappa shape index (κ1) is 20.2. The smallest absolute Gasteiger partial charge is 0.178 e. The van der Waals surface area contributed by atoms with Crippen molar-refractivity contribution in [1.29, 1.82) is 0 Å². The van der Waals surface area contributed by atoms with E-state index in [0.29, 0.717) is 22.0 Å². The van der Waals surface area contributed by atoms with E-state index in [1.807, 2.05) is 24.3 Å². The molecule has 0 saturated carbocycles. The molecule has 0 radical (unpaired) electrons. The summed E-state index contributed by atoms with van der Waals surface area (Å²) in [5, 5.41) is 22.1. The molecular weight excluding hydrogens is 402 g/mol. The van der Waals surface area contributed by atoms with Crippen molar-refractivity contribution in [2.45, 2.75) is 16.7 Å². The summed E-state index contributed by atoms with van der Waals surface area (Å²) in [5.41, 5.74) is 7.43. The molecule has 0 spiro atoms. The number of rotatable bonds is 7. The van der Waals surface area contributed by atoms with Crippen LogP contribution in [-0.4, -0.2) is 19.4 Å². The summed E-state index contributed by atoms with van der Waals surface area (Å²) in [4.78, 5) is 0.711. The van der Waals surface area contributed by atoms with Crippen LogP contribution in [0.1, 0.15) is 6.92 Å². The molecule has 0 amide bonds. The molecule has 0 unspecified atom stereocenters. The molecule has 3 rings (SSSR count). The van der Waals surface area contributed by atoms with Crippen LogP contribution >= 0.6 is 12.0 Å². The highest BCUT2D eigenvalue weighted by molar-refractivity contribution is 7.94. The fraction of sp³-hybridized carbons (Fsp3) is 0.111. The maximum Gasteiger partial charge on any atom is 0.178 e. The van der Waals surface area contributed by atoms with E-state index >= 15 is 0 Å². The summed E-state index contributed by atoms with van der Waals surface area (Å²) in [6.45, 7) is 1.59. The van der Waals surface area contributed by atoms with E-state index in [1.165, 1.54) is 12.1 Å². The van der Waals surface area contributed by atoms with Gasteiger partial charge in [-0.15, -0.1) is 9.45 Å². The summed E-state index contributed by atoms with van der Waals surface area (Å²) < 4.78 is 28.3. The lowest BCUT2D eigenvalue weighted by molar-refractivity contribution is -0.432. The molecule has 3 aromatic rings. The van der Waals surface area contributed by atoms with Gasteiger partial charge in [-0.1, -0.05) is 36.2 Å². The molecule has 28 heavy (non-hydrogen) atoms. The molecule has 3 N–H and O–H groups in total. The van der Waals surface area contributed by atoms with Crippen molar-refractivity contribution in [2.24, 2.45) is 10.2 Å². The normalized spacial score (nSPS) is 12.1. The van der Waals surface area contributed by atoms with Crippen molar-refractivity contribution in [3.05, 3.63) is 54.6 Å². The maximum atomic E-state index is 11.9. The molecule has 0 bridgehead atoms. The molecule has 0 atom stereocenters. The Hall–Kier alpha value is -2.50. The minimum atomic E-state index is -3.28. The average molecular weight is 419 g/mol. The molecule has 0 fully saturated rings. The molecule has 0 saturated heterocycles. The first-order valence-corrected chi connectivity index (χ1v) is 10.6. The second kappa shape index (κ2) is 8.67. The number of hydrogen-bond acceptors (Lipinski definition) is 9. The monoisotopic (exact) mass is 419 g/mol. The van der Waals surface area contributed by atoms with E-state index in [1.54, 1.807) is 25.1 Å². The lowest BCUT2D eigenvalue weighted by atomic mass is 10.1. The van der Waals surface area contributed by atoms with Crippen LogP contribution in [0.3, 0.4) is 0 Å².